The lowest BCUT2D eigenvalue weighted by atomic mass is 9.97. The Labute approximate surface area is 186 Å². The number of carbonyl (C=O) groups is 1. The van der Waals surface area contributed by atoms with Gasteiger partial charge >= 0.3 is 0 Å². The van der Waals surface area contributed by atoms with Crippen LogP contribution in [0.5, 0.6) is 0 Å². The number of nitrogens with zero attached hydrogens (tertiary/aromatic N) is 2. The van der Waals surface area contributed by atoms with Crippen LogP contribution in [0.15, 0.2) is 80.5 Å². The van der Waals surface area contributed by atoms with Crippen molar-refractivity contribution < 1.29 is 13.7 Å². The zero-order valence-corrected chi connectivity index (χ0v) is 17.6. The number of hydrogen-bond acceptors (Lipinski definition) is 5. The first-order valence-electron chi connectivity index (χ1n) is 10.0. The van der Waals surface area contributed by atoms with E-state index < -0.39 is 11.9 Å². The van der Waals surface area contributed by atoms with Gasteiger partial charge in [0.05, 0.1) is 17.0 Å². The molecule has 0 aliphatic carbocycles. The topological polar surface area (TPSA) is 76.6 Å². The summed E-state index contributed by atoms with van der Waals surface area (Å²) in [6, 6.07) is 19.2. The number of hydrogen-bond donors (Lipinski definition) is 0. The molecule has 0 radical (unpaired) electrons. The summed E-state index contributed by atoms with van der Waals surface area (Å²) in [6.45, 7) is 1.74. The average Bonchev–Trinajstić information content (AvgIpc) is 3.34. The largest absolute Gasteiger partial charge is 0.450 e. The minimum absolute atomic E-state index is 0.00316. The highest BCUT2D eigenvalue weighted by molar-refractivity contribution is 6.30. The standard InChI is InChI=1S/C25H15ClN2O4/c1-13-11-19(27-32-13)28-22(15-6-4-7-16(26)12-15)21-23(29)20-17-8-3-2-5-14(17)9-10-18(20)31-24(21)25(28)30/h2-12,22H,1H3. The molecule has 3 aromatic carbocycles. The fourth-order valence-corrected chi connectivity index (χ4v) is 4.63. The minimum atomic E-state index is -0.750. The van der Waals surface area contributed by atoms with Crippen LogP contribution in [0, 0.1) is 6.92 Å². The number of halogens is 1. The monoisotopic (exact) mass is 442 g/mol. The predicted octanol–water partition coefficient (Wildman–Crippen LogP) is 5.65. The quantitative estimate of drug-likeness (QED) is 0.330. The van der Waals surface area contributed by atoms with E-state index in [0.717, 1.165) is 10.8 Å². The van der Waals surface area contributed by atoms with Gasteiger partial charge in [-0.25, -0.2) is 0 Å². The van der Waals surface area contributed by atoms with Crippen molar-refractivity contribution in [1.82, 2.24) is 5.16 Å². The summed E-state index contributed by atoms with van der Waals surface area (Å²) in [7, 11) is 0. The summed E-state index contributed by atoms with van der Waals surface area (Å²) in [5.41, 5.74) is 1.06. The van der Waals surface area contributed by atoms with Crippen LogP contribution >= 0.6 is 11.6 Å². The third-order valence-electron chi connectivity index (χ3n) is 5.79. The van der Waals surface area contributed by atoms with E-state index in [9.17, 15) is 9.59 Å². The van der Waals surface area contributed by atoms with Crippen molar-refractivity contribution in [3.63, 3.8) is 0 Å². The van der Waals surface area contributed by atoms with E-state index in [2.05, 4.69) is 5.16 Å². The van der Waals surface area contributed by atoms with Gasteiger partial charge in [-0.05, 0) is 41.5 Å². The Morgan fingerprint density at radius 1 is 1.00 bits per heavy atom. The molecular weight excluding hydrogens is 428 g/mol. The maximum Gasteiger partial charge on any atom is 0.296 e. The van der Waals surface area contributed by atoms with Gasteiger partial charge in [-0.1, -0.05) is 59.2 Å². The van der Waals surface area contributed by atoms with Gasteiger partial charge in [0.25, 0.3) is 5.91 Å². The van der Waals surface area contributed by atoms with Crippen molar-refractivity contribution >= 4 is 45.1 Å². The maximum atomic E-state index is 13.9. The summed E-state index contributed by atoms with van der Waals surface area (Å²) in [4.78, 5) is 28.9. The van der Waals surface area contributed by atoms with Crippen molar-refractivity contribution in [2.75, 3.05) is 4.90 Å². The number of rotatable bonds is 2. The molecule has 5 aromatic rings. The van der Waals surface area contributed by atoms with Gasteiger partial charge in [-0.2, -0.15) is 0 Å². The molecule has 0 saturated heterocycles. The van der Waals surface area contributed by atoms with Crippen molar-refractivity contribution in [1.29, 1.82) is 0 Å². The molecule has 3 heterocycles. The molecule has 1 unspecified atom stereocenters. The van der Waals surface area contributed by atoms with E-state index in [1.54, 1.807) is 37.3 Å². The lowest BCUT2D eigenvalue weighted by Gasteiger charge is -2.22. The molecule has 7 heteroatoms. The van der Waals surface area contributed by atoms with Crippen LogP contribution in [-0.2, 0) is 0 Å². The second-order valence-electron chi connectivity index (χ2n) is 7.76. The molecule has 1 aliphatic rings. The Balaban J connectivity index is 1.71. The van der Waals surface area contributed by atoms with Crippen LogP contribution in [0.3, 0.4) is 0 Å². The van der Waals surface area contributed by atoms with Crippen molar-refractivity contribution in [2.24, 2.45) is 0 Å². The molecule has 6 rings (SSSR count). The van der Waals surface area contributed by atoms with Crippen LogP contribution < -0.4 is 10.3 Å². The maximum absolute atomic E-state index is 13.9. The molecule has 0 fully saturated rings. The fraction of sp³-hybridized carbons (Fsp3) is 0.0800. The molecule has 1 amide bonds. The molecule has 6 nitrogen and oxygen atoms in total. The summed E-state index contributed by atoms with van der Waals surface area (Å²) in [6.07, 6.45) is 0. The Morgan fingerprint density at radius 2 is 1.84 bits per heavy atom. The number of fused-ring (bicyclic) bond motifs is 4. The van der Waals surface area contributed by atoms with Gasteiger partial charge in [-0.3, -0.25) is 14.5 Å². The first-order valence-corrected chi connectivity index (χ1v) is 10.4. The van der Waals surface area contributed by atoms with Crippen LogP contribution in [-0.4, -0.2) is 11.1 Å². The normalized spacial score (nSPS) is 15.6. The second kappa shape index (κ2) is 6.80. The van der Waals surface area contributed by atoms with E-state index >= 15 is 0 Å². The van der Waals surface area contributed by atoms with Crippen molar-refractivity contribution in [2.45, 2.75) is 13.0 Å². The molecule has 0 N–H and O–H groups in total. The Hall–Kier alpha value is -3.90. The van der Waals surface area contributed by atoms with Gasteiger partial charge < -0.3 is 8.94 Å². The molecule has 0 spiro atoms. The van der Waals surface area contributed by atoms with E-state index in [0.29, 0.717) is 33.1 Å². The smallest absolute Gasteiger partial charge is 0.296 e. The van der Waals surface area contributed by atoms with E-state index in [1.807, 2.05) is 36.4 Å². The number of anilines is 1. The van der Waals surface area contributed by atoms with Gasteiger partial charge in [0, 0.05) is 11.1 Å². The highest BCUT2D eigenvalue weighted by Gasteiger charge is 2.45. The highest BCUT2D eigenvalue weighted by atomic mass is 35.5. The molecular formula is C25H15ClN2O4. The summed E-state index contributed by atoms with van der Waals surface area (Å²) >= 11 is 6.26. The van der Waals surface area contributed by atoms with Crippen LogP contribution in [0.2, 0.25) is 5.02 Å². The lowest BCUT2D eigenvalue weighted by Crippen LogP contribution is -2.29. The van der Waals surface area contributed by atoms with E-state index in [1.165, 1.54) is 4.90 Å². The first kappa shape index (κ1) is 18.8. The molecule has 1 aliphatic heterocycles. The molecule has 156 valence electrons. The van der Waals surface area contributed by atoms with Crippen LogP contribution in [0.4, 0.5) is 5.82 Å². The fourth-order valence-electron chi connectivity index (χ4n) is 4.43. The third-order valence-corrected chi connectivity index (χ3v) is 6.03. The van der Waals surface area contributed by atoms with Crippen LogP contribution in [0.1, 0.15) is 33.5 Å². The number of aromatic nitrogens is 1. The number of amides is 1. The number of carbonyl (C=O) groups excluding carboxylic acids is 1. The molecule has 0 bridgehead atoms. The minimum Gasteiger partial charge on any atom is -0.450 e. The van der Waals surface area contributed by atoms with Crippen LogP contribution in [0.25, 0.3) is 21.7 Å². The van der Waals surface area contributed by atoms with Gasteiger partial charge in [-0.15, -0.1) is 0 Å². The highest BCUT2D eigenvalue weighted by Crippen LogP contribution is 2.42. The van der Waals surface area contributed by atoms with Gasteiger partial charge in [0.2, 0.25) is 5.76 Å². The Bertz CT molecular complexity index is 1620. The molecule has 2 aromatic heterocycles. The first-order chi connectivity index (χ1) is 15.5. The number of aryl methyl sites for hydroxylation is 1. The summed E-state index contributed by atoms with van der Waals surface area (Å²) in [5, 5.41) is 6.66. The molecule has 32 heavy (non-hydrogen) atoms. The predicted molar refractivity (Wildman–Crippen MR) is 121 cm³/mol. The SMILES string of the molecule is Cc1cc(N2C(=O)c3oc4ccc5ccccc5c4c(=O)c3C2c2cccc(Cl)c2)no1. The van der Waals surface area contributed by atoms with Crippen molar-refractivity contribution in [3.05, 3.63) is 105 Å². The second-order valence-corrected chi connectivity index (χ2v) is 8.20. The summed E-state index contributed by atoms with van der Waals surface area (Å²) < 4.78 is 11.3. The molecule has 1 atom stereocenters. The zero-order valence-electron chi connectivity index (χ0n) is 16.8. The zero-order chi connectivity index (χ0) is 22.0. The average molecular weight is 443 g/mol. The van der Waals surface area contributed by atoms with E-state index in [-0.39, 0.29) is 16.8 Å². The lowest BCUT2D eigenvalue weighted by molar-refractivity contribution is 0.0969. The number of benzene rings is 3. The van der Waals surface area contributed by atoms with E-state index in [4.69, 9.17) is 20.5 Å². The Kier molecular flexibility index (Phi) is 4.00. The van der Waals surface area contributed by atoms with Gasteiger partial charge in [0.1, 0.15) is 11.3 Å². The molecule has 0 saturated carbocycles. The third kappa shape index (κ3) is 2.63. The van der Waals surface area contributed by atoms with Crippen molar-refractivity contribution in [3.8, 4) is 0 Å². The summed E-state index contributed by atoms with van der Waals surface area (Å²) in [5.74, 6) is 0.398. The Morgan fingerprint density at radius 3 is 2.62 bits per heavy atom. The van der Waals surface area contributed by atoms with Gasteiger partial charge in [0.15, 0.2) is 11.2 Å².